The summed E-state index contributed by atoms with van der Waals surface area (Å²) >= 11 is 1.35. The van der Waals surface area contributed by atoms with E-state index in [9.17, 15) is 9.59 Å². The summed E-state index contributed by atoms with van der Waals surface area (Å²) in [6, 6.07) is 10.6. The Bertz CT molecular complexity index is 1640. The van der Waals surface area contributed by atoms with Gasteiger partial charge in [0.05, 0.1) is 17.3 Å². The first-order valence-corrected chi connectivity index (χ1v) is 12.1. The fourth-order valence-corrected chi connectivity index (χ4v) is 4.09. The second kappa shape index (κ2) is 8.66. The highest BCUT2D eigenvalue weighted by Gasteiger charge is 2.23. The van der Waals surface area contributed by atoms with Crippen molar-refractivity contribution in [2.24, 2.45) is 5.41 Å². The first-order chi connectivity index (χ1) is 16.8. The van der Waals surface area contributed by atoms with Gasteiger partial charge in [-0.1, -0.05) is 44.7 Å². The van der Waals surface area contributed by atoms with Crippen molar-refractivity contribution < 1.29 is 14.6 Å². The lowest BCUT2D eigenvalue weighted by Crippen LogP contribution is -2.22. The Balaban J connectivity index is 1.79. The van der Waals surface area contributed by atoms with E-state index in [0.29, 0.717) is 21.9 Å². The predicted octanol–water partition coefficient (Wildman–Crippen LogP) is 3.97. The molecule has 0 amide bonds. The topological polar surface area (TPSA) is 114 Å². The second-order valence-electron chi connectivity index (χ2n) is 9.07. The van der Waals surface area contributed by atoms with Crippen LogP contribution >= 0.6 is 11.8 Å². The molecule has 4 heterocycles. The number of nitrogens with zero attached hydrogens (tertiary/aromatic N) is 6. The number of rotatable bonds is 5. The first-order valence-electron chi connectivity index (χ1n) is 10.8. The Morgan fingerprint density at radius 3 is 2.63 bits per heavy atom. The summed E-state index contributed by atoms with van der Waals surface area (Å²) in [4.78, 5) is 54.4. The quantitative estimate of drug-likeness (QED) is 0.156. The molecule has 0 fully saturated rings. The van der Waals surface area contributed by atoms with Crippen LogP contribution in [0.4, 0.5) is 0 Å². The molecule has 4 aromatic heterocycles. The SMILES string of the molecule is CSc1ncc2c(=O)n3c(nc2n1)c1c(OOC(=O)CC(C)(C)C)cccc1n3-c1ccccn1. The van der Waals surface area contributed by atoms with E-state index < -0.39 is 5.97 Å². The largest absolute Gasteiger partial charge is 0.355 e. The van der Waals surface area contributed by atoms with Gasteiger partial charge in [0.2, 0.25) is 0 Å². The number of aromatic nitrogens is 6. The lowest BCUT2D eigenvalue weighted by molar-refractivity contribution is -0.215. The Morgan fingerprint density at radius 1 is 1.09 bits per heavy atom. The van der Waals surface area contributed by atoms with Crippen LogP contribution in [0, 0.1) is 5.41 Å². The third-order valence-corrected chi connectivity index (χ3v) is 5.75. The molecule has 0 aliphatic rings. The van der Waals surface area contributed by atoms with Gasteiger partial charge in [-0.3, -0.25) is 14.6 Å². The molecule has 5 aromatic rings. The maximum Gasteiger partial charge on any atom is 0.355 e. The standard InChI is InChI=1S/C24H22N6O4S/c1-24(2,3)12-18(31)34-33-16-9-7-8-15-19(16)21-27-20-14(13-26-23(28-20)35-4)22(32)30(21)29(15)17-10-5-6-11-25-17/h5-11,13H,12H2,1-4H3. The number of hydrogen-bond acceptors (Lipinski definition) is 9. The number of thioether (sulfide) groups is 1. The van der Waals surface area contributed by atoms with Gasteiger partial charge in [0, 0.05) is 12.4 Å². The third-order valence-electron chi connectivity index (χ3n) is 5.19. The molecule has 0 bridgehead atoms. The molecule has 1 aromatic carbocycles. The van der Waals surface area contributed by atoms with Crippen molar-refractivity contribution in [1.82, 2.24) is 29.1 Å². The van der Waals surface area contributed by atoms with Crippen LogP contribution in [0.15, 0.2) is 58.7 Å². The van der Waals surface area contributed by atoms with E-state index in [1.807, 2.05) is 39.2 Å². The molecule has 10 nitrogen and oxygen atoms in total. The molecule has 0 atom stereocenters. The smallest absolute Gasteiger partial charge is 0.286 e. The highest BCUT2D eigenvalue weighted by Crippen LogP contribution is 2.32. The molecule has 11 heteroatoms. The number of fused-ring (bicyclic) bond motifs is 4. The Kier molecular flexibility index (Phi) is 5.64. The zero-order valence-electron chi connectivity index (χ0n) is 19.6. The minimum absolute atomic E-state index is 0.176. The van der Waals surface area contributed by atoms with E-state index in [0.717, 1.165) is 0 Å². The summed E-state index contributed by atoms with van der Waals surface area (Å²) in [7, 11) is 0. The van der Waals surface area contributed by atoms with E-state index >= 15 is 0 Å². The molecule has 0 saturated heterocycles. The van der Waals surface area contributed by atoms with E-state index in [2.05, 4.69) is 15.0 Å². The van der Waals surface area contributed by atoms with Crippen molar-refractivity contribution in [1.29, 1.82) is 0 Å². The zero-order chi connectivity index (χ0) is 24.7. The maximum atomic E-state index is 13.6. The monoisotopic (exact) mass is 490 g/mol. The van der Waals surface area contributed by atoms with Crippen molar-refractivity contribution >= 4 is 45.3 Å². The summed E-state index contributed by atoms with van der Waals surface area (Å²) in [5.41, 5.74) is 0.510. The highest BCUT2D eigenvalue weighted by molar-refractivity contribution is 7.98. The van der Waals surface area contributed by atoms with Crippen LogP contribution in [0.2, 0.25) is 0 Å². The molecule has 0 unspecified atom stereocenters. The van der Waals surface area contributed by atoms with Crippen LogP contribution in [0.1, 0.15) is 27.2 Å². The number of hydrogen-bond donors (Lipinski definition) is 0. The van der Waals surface area contributed by atoms with Gasteiger partial charge < -0.3 is 0 Å². The zero-order valence-corrected chi connectivity index (χ0v) is 20.4. The molecule has 0 N–H and O–H groups in total. The average Bonchev–Trinajstić information content (AvgIpc) is 3.17. The number of pyridine rings is 1. The van der Waals surface area contributed by atoms with Gasteiger partial charge in [-0.05, 0) is 35.9 Å². The summed E-state index contributed by atoms with van der Waals surface area (Å²) in [6.07, 6.45) is 5.13. The van der Waals surface area contributed by atoms with E-state index in [-0.39, 0.29) is 39.8 Å². The fraction of sp³-hybridized carbons (Fsp3) is 0.250. The van der Waals surface area contributed by atoms with E-state index in [1.165, 1.54) is 22.5 Å². The van der Waals surface area contributed by atoms with Crippen molar-refractivity contribution in [3.8, 4) is 11.6 Å². The van der Waals surface area contributed by atoms with Crippen molar-refractivity contribution in [2.75, 3.05) is 6.26 Å². The maximum absolute atomic E-state index is 13.6. The minimum Gasteiger partial charge on any atom is -0.286 e. The number of benzene rings is 1. The lowest BCUT2D eigenvalue weighted by Gasteiger charge is -2.15. The van der Waals surface area contributed by atoms with Gasteiger partial charge in [0.15, 0.2) is 28.0 Å². The molecule has 0 aliphatic carbocycles. The third kappa shape index (κ3) is 4.18. The van der Waals surface area contributed by atoms with Crippen LogP contribution in [0.25, 0.3) is 33.4 Å². The molecule has 178 valence electrons. The van der Waals surface area contributed by atoms with Crippen LogP contribution in [-0.2, 0) is 9.68 Å². The summed E-state index contributed by atoms with van der Waals surface area (Å²) in [5.74, 6) is 0.234. The van der Waals surface area contributed by atoms with Gasteiger partial charge >= 0.3 is 5.97 Å². The normalized spacial score (nSPS) is 11.9. The van der Waals surface area contributed by atoms with Crippen molar-refractivity contribution in [3.63, 3.8) is 0 Å². The van der Waals surface area contributed by atoms with Crippen LogP contribution in [-0.4, -0.2) is 41.4 Å². The Labute approximate surface area is 203 Å². The molecule has 0 saturated carbocycles. The molecule has 35 heavy (non-hydrogen) atoms. The Hall–Kier alpha value is -3.99. The van der Waals surface area contributed by atoms with Crippen LogP contribution in [0.5, 0.6) is 5.75 Å². The van der Waals surface area contributed by atoms with E-state index in [4.69, 9.17) is 14.8 Å². The number of carbonyl (C=O) groups excluding carboxylic acids is 1. The van der Waals surface area contributed by atoms with E-state index in [1.54, 1.807) is 35.1 Å². The van der Waals surface area contributed by atoms with Crippen LogP contribution in [0.3, 0.4) is 0 Å². The fourth-order valence-electron chi connectivity index (χ4n) is 3.75. The summed E-state index contributed by atoms with van der Waals surface area (Å²) in [5, 5.41) is 1.24. The molecule has 0 aliphatic heterocycles. The first kappa shape index (κ1) is 22.8. The summed E-state index contributed by atoms with van der Waals surface area (Å²) < 4.78 is 3.05. The Morgan fingerprint density at radius 2 is 1.91 bits per heavy atom. The molecular formula is C24H22N6O4S. The van der Waals surface area contributed by atoms with Gasteiger partial charge in [0.25, 0.3) is 5.56 Å². The van der Waals surface area contributed by atoms with Crippen molar-refractivity contribution in [2.45, 2.75) is 32.3 Å². The molecule has 0 spiro atoms. The van der Waals surface area contributed by atoms with Gasteiger partial charge in [-0.25, -0.2) is 29.4 Å². The van der Waals surface area contributed by atoms with Crippen LogP contribution < -0.4 is 10.4 Å². The predicted molar refractivity (Wildman–Crippen MR) is 132 cm³/mol. The molecule has 0 radical (unpaired) electrons. The van der Waals surface area contributed by atoms with Gasteiger partial charge in [-0.2, -0.15) is 4.52 Å². The molecule has 5 rings (SSSR count). The van der Waals surface area contributed by atoms with Gasteiger partial charge in [0.1, 0.15) is 5.39 Å². The summed E-state index contributed by atoms with van der Waals surface area (Å²) in [6.45, 7) is 5.80. The van der Waals surface area contributed by atoms with Gasteiger partial charge in [-0.15, -0.1) is 0 Å². The molecular weight excluding hydrogens is 468 g/mol. The lowest BCUT2D eigenvalue weighted by atomic mass is 9.93. The number of carbonyl (C=O) groups is 1. The minimum atomic E-state index is -0.504. The second-order valence-corrected chi connectivity index (χ2v) is 9.85. The van der Waals surface area contributed by atoms with Crippen molar-refractivity contribution in [3.05, 3.63) is 59.1 Å². The average molecular weight is 491 g/mol. The highest BCUT2D eigenvalue weighted by atomic mass is 32.2.